The molecule has 0 saturated heterocycles. The highest BCUT2D eigenvalue weighted by Crippen LogP contribution is 2.32. The number of benzene rings is 3. The molecule has 0 aromatic heterocycles. The Labute approximate surface area is 125 Å². The summed E-state index contributed by atoms with van der Waals surface area (Å²) in [5.41, 5.74) is 4.94. The third-order valence-corrected chi connectivity index (χ3v) is 3.49. The van der Waals surface area contributed by atoms with E-state index >= 15 is 0 Å². The van der Waals surface area contributed by atoms with E-state index in [1.807, 2.05) is 25.1 Å². The molecule has 0 aliphatic heterocycles. The Kier molecular flexibility index (Phi) is 4.02. The van der Waals surface area contributed by atoms with Crippen LogP contribution in [0.2, 0.25) is 0 Å². The molecular formula is C20H18O. The molecule has 0 aliphatic carbocycles. The molecule has 0 fully saturated rings. The van der Waals surface area contributed by atoms with Gasteiger partial charge in [0, 0.05) is 0 Å². The van der Waals surface area contributed by atoms with Crippen molar-refractivity contribution in [2.45, 2.75) is 6.92 Å². The van der Waals surface area contributed by atoms with Gasteiger partial charge in [-0.1, -0.05) is 66.7 Å². The van der Waals surface area contributed by atoms with Crippen molar-refractivity contribution in [2.75, 3.05) is 6.61 Å². The zero-order valence-corrected chi connectivity index (χ0v) is 12.1. The number of hydrogen-bond acceptors (Lipinski definition) is 1. The second kappa shape index (κ2) is 6.27. The van der Waals surface area contributed by atoms with Crippen molar-refractivity contribution in [1.29, 1.82) is 0 Å². The quantitative estimate of drug-likeness (QED) is 0.617. The molecule has 0 unspecified atom stereocenters. The lowest BCUT2D eigenvalue weighted by Crippen LogP contribution is -1.91. The maximum Gasteiger partial charge on any atom is 0.119 e. The first-order chi connectivity index (χ1) is 10.4. The van der Waals surface area contributed by atoms with Crippen LogP contribution in [0.25, 0.3) is 22.3 Å². The van der Waals surface area contributed by atoms with Crippen molar-refractivity contribution in [3.8, 4) is 28.0 Å². The maximum absolute atomic E-state index is 5.51. The normalized spacial score (nSPS) is 10.3. The molecule has 104 valence electrons. The Morgan fingerprint density at radius 2 is 1.14 bits per heavy atom. The lowest BCUT2D eigenvalue weighted by atomic mass is 9.95. The molecule has 0 aliphatic rings. The summed E-state index contributed by atoms with van der Waals surface area (Å²) in [7, 11) is 0. The molecule has 3 aromatic rings. The van der Waals surface area contributed by atoms with Gasteiger partial charge < -0.3 is 4.74 Å². The summed E-state index contributed by atoms with van der Waals surface area (Å²) < 4.78 is 5.51. The van der Waals surface area contributed by atoms with Crippen molar-refractivity contribution >= 4 is 0 Å². The zero-order chi connectivity index (χ0) is 14.5. The SMILES string of the molecule is CCOc1ccc(-c2ccccc2-c2ccccc2)cc1. The first-order valence-electron chi connectivity index (χ1n) is 7.26. The molecule has 0 bridgehead atoms. The summed E-state index contributed by atoms with van der Waals surface area (Å²) in [6.07, 6.45) is 0. The predicted octanol–water partition coefficient (Wildman–Crippen LogP) is 5.42. The van der Waals surface area contributed by atoms with E-state index < -0.39 is 0 Å². The first-order valence-corrected chi connectivity index (χ1v) is 7.26. The van der Waals surface area contributed by atoms with E-state index in [2.05, 4.69) is 60.7 Å². The summed E-state index contributed by atoms with van der Waals surface area (Å²) >= 11 is 0. The van der Waals surface area contributed by atoms with Crippen LogP contribution in [-0.4, -0.2) is 6.61 Å². The van der Waals surface area contributed by atoms with Gasteiger partial charge in [-0.05, 0) is 41.3 Å². The van der Waals surface area contributed by atoms with E-state index in [0.717, 1.165) is 5.75 Å². The monoisotopic (exact) mass is 274 g/mol. The molecule has 0 atom stereocenters. The molecular weight excluding hydrogens is 256 g/mol. The maximum atomic E-state index is 5.51. The Hall–Kier alpha value is -2.54. The standard InChI is InChI=1S/C20H18O/c1-2-21-18-14-12-17(13-15-18)20-11-7-6-10-19(20)16-8-4-3-5-9-16/h3-15H,2H2,1H3. The third kappa shape index (κ3) is 2.97. The smallest absolute Gasteiger partial charge is 0.119 e. The Morgan fingerprint density at radius 3 is 1.71 bits per heavy atom. The highest BCUT2D eigenvalue weighted by Gasteiger charge is 2.06. The van der Waals surface area contributed by atoms with Crippen LogP contribution < -0.4 is 4.74 Å². The molecule has 0 spiro atoms. The van der Waals surface area contributed by atoms with Gasteiger partial charge in [0.2, 0.25) is 0 Å². The van der Waals surface area contributed by atoms with Gasteiger partial charge in [-0.3, -0.25) is 0 Å². The van der Waals surface area contributed by atoms with Gasteiger partial charge >= 0.3 is 0 Å². The van der Waals surface area contributed by atoms with Crippen LogP contribution in [0.1, 0.15) is 6.92 Å². The molecule has 0 amide bonds. The molecule has 0 radical (unpaired) electrons. The van der Waals surface area contributed by atoms with Crippen LogP contribution in [0.15, 0.2) is 78.9 Å². The number of ether oxygens (including phenoxy) is 1. The van der Waals surface area contributed by atoms with E-state index in [4.69, 9.17) is 4.74 Å². The van der Waals surface area contributed by atoms with Crippen LogP contribution in [0.4, 0.5) is 0 Å². The topological polar surface area (TPSA) is 9.23 Å². The van der Waals surface area contributed by atoms with Gasteiger partial charge in [0.25, 0.3) is 0 Å². The van der Waals surface area contributed by atoms with Gasteiger partial charge in [-0.2, -0.15) is 0 Å². The van der Waals surface area contributed by atoms with Crippen LogP contribution in [0, 0.1) is 0 Å². The molecule has 21 heavy (non-hydrogen) atoms. The van der Waals surface area contributed by atoms with Crippen LogP contribution in [0.3, 0.4) is 0 Å². The molecule has 3 aromatic carbocycles. The molecule has 0 heterocycles. The summed E-state index contributed by atoms with van der Waals surface area (Å²) in [6, 6.07) is 27.3. The van der Waals surface area contributed by atoms with Gasteiger partial charge in [0.05, 0.1) is 6.61 Å². The van der Waals surface area contributed by atoms with Crippen molar-refractivity contribution < 1.29 is 4.74 Å². The number of hydrogen-bond donors (Lipinski definition) is 0. The van der Waals surface area contributed by atoms with E-state index in [-0.39, 0.29) is 0 Å². The minimum atomic E-state index is 0.694. The zero-order valence-electron chi connectivity index (χ0n) is 12.1. The second-order valence-corrected chi connectivity index (χ2v) is 4.87. The van der Waals surface area contributed by atoms with Crippen LogP contribution in [0.5, 0.6) is 5.75 Å². The summed E-state index contributed by atoms with van der Waals surface area (Å²) in [6.45, 7) is 2.69. The minimum Gasteiger partial charge on any atom is -0.494 e. The molecule has 1 heteroatoms. The molecule has 0 saturated carbocycles. The highest BCUT2D eigenvalue weighted by molar-refractivity contribution is 5.83. The molecule has 1 nitrogen and oxygen atoms in total. The van der Waals surface area contributed by atoms with Crippen LogP contribution >= 0.6 is 0 Å². The van der Waals surface area contributed by atoms with Crippen molar-refractivity contribution in [3.05, 3.63) is 78.9 Å². The summed E-state index contributed by atoms with van der Waals surface area (Å²) in [5.74, 6) is 0.915. The van der Waals surface area contributed by atoms with Gasteiger partial charge in [-0.25, -0.2) is 0 Å². The van der Waals surface area contributed by atoms with Crippen molar-refractivity contribution in [2.24, 2.45) is 0 Å². The van der Waals surface area contributed by atoms with Crippen LogP contribution in [-0.2, 0) is 0 Å². The van der Waals surface area contributed by atoms with E-state index in [1.165, 1.54) is 22.3 Å². The lowest BCUT2D eigenvalue weighted by Gasteiger charge is -2.11. The van der Waals surface area contributed by atoms with Gasteiger partial charge in [-0.15, -0.1) is 0 Å². The third-order valence-electron chi connectivity index (χ3n) is 3.49. The Morgan fingerprint density at radius 1 is 0.619 bits per heavy atom. The fourth-order valence-electron chi connectivity index (χ4n) is 2.50. The second-order valence-electron chi connectivity index (χ2n) is 4.87. The summed E-state index contributed by atoms with van der Waals surface area (Å²) in [5, 5.41) is 0. The van der Waals surface area contributed by atoms with Crippen molar-refractivity contribution in [1.82, 2.24) is 0 Å². The summed E-state index contributed by atoms with van der Waals surface area (Å²) in [4.78, 5) is 0. The van der Waals surface area contributed by atoms with Crippen molar-refractivity contribution in [3.63, 3.8) is 0 Å². The Bertz CT molecular complexity index is 699. The Balaban J connectivity index is 2.03. The van der Waals surface area contributed by atoms with E-state index in [9.17, 15) is 0 Å². The van der Waals surface area contributed by atoms with Gasteiger partial charge in [0.1, 0.15) is 5.75 Å². The van der Waals surface area contributed by atoms with E-state index in [0.29, 0.717) is 6.61 Å². The average molecular weight is 274 g/mol. The molecule has 0 N–H and O–H groups in total. The van der Waals surface area contributed by atoms with Gasteiger partial charge in [0.15, 0.2) is 0 Å². The minimum absolute atomic E-state index is 0.694. The first kappa shape index (κ1) is 13.4. The molecule has 3 rings (SSSR count). The predicted molar refractivity (Wildman–Crippen MR) is 88.5 cm³/mol. The van der Waals surface area contributed by atoms with E-state index in [1.54, 1.807) is 0 Å². The number of rotatable bonds is 4. The highest BCUT2D eigenvalue weighted by atomic mass is 16.5. The average Bonchev–Trinajstić information content (AvgIpc) is 2.57. The lowest BCUT2D eigenvalue weighted by molar-refractivity contribution is 0.340. The fraction of sp³-hybridized carbons (Fsp3) is 0.100. The largest absolute Gasteiger partial charge is 0.494 e. The fourth-order valence-corrected chi connectivity index (χ4v) is 2.50.